The summed E-state index contributed by atoms with van der Waals surface area (Å²) in [5.74, 6) is 1.36. The lowest BCUT2D eigenvalue weighted by Gasteiger charge is -2.32. The third-order valence-electron chi connectivity index (χ3n) is 3.45. The number of anilines is 1. The van der Waals surface area contributed by atoms with Gasteiger partial charge in [-0.1, -0.05) is 0 Å². The van der Waals surface area contributed by atoms with Crippen LogP contribution in [0.5, 0.6) is 0 Å². The lowest BCUT2D eigenvalue weighted by atomic mass is 10.2. The van der Waals surface area contributed by atoms with E-state index in [2.05, 4.69) is 20.3 Å². The molecule has 3 heterocycles. The third-order valence-corrected chi connectivity index (χ3v) is 4.04. The Hall–Kier alpha value is -2.06. The zero-order valence-corrected chi connectivity index (χ0v) is 13.3. The average Bonchev–Trinajstić information content (AvgIpc) is 3.08. The number of rotatable bonds is 3. The molecule has 1 saturated heterocycles. The molecule has 0 aromatic carbocycles. The van der Waals surface area contributed by atoms with Crippen molar-refractivity contribution in [2.24, 2.45) is 0 Å². The van der Waals surface area contributed by atoms with E-state index in [4.69, 9.17) is 4.74 Å². The highest BCUT2D eigenvalue weighted by atomic mass is 32.1. The first-order valence-corrected chi connectivity index (χ1v) is 7.94. The SMILES string of the molecule is CNc1cc([C@H]2CN(C(=O)c3cscn3)CCO2)nc(C)n1. The first kappa shape index (κ1) is 14.9. The molecule has 2 aromatic rings. The number of morpholine rings is 1. The van der Waals surface area contributed by atoms with Crippen molar-refractivity contribution in [3.8, 4) is 0 Å². The van der Waals surface area contributed by atoms with Crippen molar-refractivity contribution in [2.45, 2.75) is 13.0 Å². The van der Waals surface area contributed by atoms with Gasteiger partial charge in [0, 0.05) is 25.0 Å². The van der Waals surface area contributed by atoms with Gasteiger partial charge < -0.3 is 15.0 Å². The van der Waals surface area contributed by atoms with Gasteiger partial charge in [0.2, 0.25) is 0 Å². The molecule has 7 nitrogen and oxygen atoms in total. The highest BCUT2D eigenvalue weighted by Gasteiger charge is 2.28. The van der Waals surface area contributed by atoms with Gasteiger partial charge in [0.15, 0.2) is 0 Å². The van der Waals surface area contributed by atoms with Crippen LogP contribution < -0.4 is 5.32 Å². The van der Waals surface area contributed by atoms with Crippen LogP contribution in [-0.4, -0.2) is 52.5 Å². The smallest absolute Gasteiger partial charge is 0.273 e. The summed E-state index contributed by atoms with van der Waals surface area (Å²) in [6.45, 7) is 3.36. The molecule has 8 heteroatoms. The molecule has 0 spiro atoms. The minimum Gasteiger partial charge on any atom is -0.373 e. The van der Waals surface area contributed by atoms with Gasteiger partial charge in [-0.25, -0.2) is 15.0 Å². The van der Waals surface area contributed by atoms with Crippen LogP contribution in [-0.2, 0) is 4.74 Å². The second-order valence-electron chi connectivity index (χ2n) is 4.96. The summed E-state index contributed by atoms with van der Waals surface area (Å²) in [6.07, 6.45) is -0.245. The number of ether oxygens (including phenoxy) is 1. The molecule has 22 heavy (non-hydrogen) atoms. The molecule has 116 valence electrons. The Morgan fingerprint density at radius 3 is 3.09 bits per heavy atom. The van der Waals surface area contributed by atoms with Crippen molar-refractivity contribution in [1.29, 1.82) is 0 Å². The maximum Gasteiger partial charge on any atom is 0.273 e. The van der Waals surface area contributed by atoms with Gasteiger partial charge in [0.1, 0.15) is 23.4 Å². The van der Waals surface area contributed by atoms with Crippen LogP contribution in [0.15, 0.2) is 17.0 Å². The molecule has 1 N–H and O–H groups in total. The number of hydrogen-bond acceptors (Lipinski definition) is 7. The highest BCUT2D eigenvalue weighted by Crippen LogP contribution is 2.23. The van der Waals surface area contributed by atoms with Gasteiger partial charge >= 0.3 is 0 Å². The van der Waals surface area contributed by atoms with E-state index >= 15 is 0 Å². The molecule has 0 saturated carbocycles. The van der Waals surface area contributed by atoms with Gasteiger partial charge in [-0.2, -0.15) is 0 Å². The zero-order valence-electron chi connectivity index (χ0n) is 12.4. The molecular weight excluding hydrogens is 302 g/mol. The van der Waals surface area contributed by atoms with Crippen molar-refractivity contribution in [3.05, 3.63) is 34.2 Å². The van der Waals surface area contributed by atoms with Crippen molar-refractivity contribution < 1.29 is 9.53 Å². The van der Waals surface area contributed by atoms with Crippen LogP contribution in [0.2, 0.25) is 0 Å². The van der Waals surface area contributed by atoms with E-state index in [1.165, 1.54) is 11.3 Å². The second-order valence-corrected chi connectivity index (χ2v) is 5.68. The number of amides is 1. The molecule has 1 fully saturated rings. The van der Waals surface area contributed by atoms with Gasteiger partial charge in [0.05, 0.1) is 24.4 Å². The number of hydrogen-bond donors (Lipinski definition) is 1. The Kier molecular flexibility index (Phi) is 4.30. The lowest BCUT2D eigenvalue weighted by molar-refractivity contribution is -0.0249. The Labute approximate surface area is 132 Å². The molecule has 0 unspecified atom stereocenters. The number of carbonyl (C=O) groups excluding carboxylic acids is 1. The summed E-state index contributed by atoms with van der Waals surface area (Å²) in [6, 6.07) is 1.86. The number of carbonyl (C=O) groups is 1. The number of aromatic nitrogens is 3. The van der Waals surface area contributed by atoms with Crippen LogP contribution in [0.4, 0.5) is 5.82 Å². The molecule has 3 rings (SSSR count). The lowest BCUT2D eigenvalue weighted by Crippen LogP contribution is -2.42. The maximum absolute atomic E-state index is 12.4. The van der Waals surface area contributed by atoms with Crippen molar-refractivity contribution in [3.63, 3.8) is 0 Å². The van der Waals surface area contributed by atoms with Crippen LogP contribution in [0.1, 0.15) is 28.1 Å². The summed E-state index contributed by atoms with van der Waals surface area (Å²) in [5, 5.41) is 4.77. The monoisotopic (exact) mass is 319 g/mol. The average molecular weight is 319 g/mol. The predicted molar refractivity (Wildman–Crippen MR) is 83.0 cm³/mol. The Morgan fingerprint density at radius 1 is 1.50 bits per heavy atom. The minimum absolute atomic E-state index is 0.0610. The standard InChI is InChI=1S/C14H17N5O2S/c1-9-17-10(5-13(15-2)18-9)12-6-19(3-4-21-12)14(20)11-7-22-8-16-11/h5,7-8,12H,3-4,6H2,1-2H3,(H,15,17,18)/t12-/m1/s1. The molecule has 0 bridgehead atoms. The van der Waals surface area contributed by atoms with E-state index in [1.54, 1.807) is 15.8 Å². The largest absolute Gasteiger partial charge is 0.373 e. The molecule has 1 atom stereocenters. The van der Waals surface area contributed by atoms with E-state index in [-0.39, 0.29) is 12.0 Å². The van der Waals surface area contributed by atoms with E-state index in [9.17, 15) is 4.79 Å². The van der Waals surface area contributed by atoms with E-state index in [1.807, 2.05) is 20.0 Å². The Bertz CT molecular complexity index is 661. The molecule has 0 radical (unpaired) electrons. The molecule has 1 aliphatic heterocycles. The fourth-order valence-corrected chi connectivity index (χ4v) is 2.90. The fourth-order valence-electron chi connectivity index (χ4n) is 2.38. The molecular formula is C14H17N5O2S. The van der Waals surface area contributed by atoms with Gasteiger partial charge in [-0.05, 0) is 6.92 Å². The third kappa shape index (κ3) is 3.07. The molecule has 0 aliphatic carbocycles. The topological polar surface area (TPSA) is 80.2 Å². The second kappa shape index (κ2) is 6.37. The summed E-state index contributed by atoms with van der Waals surface area (Å²) >= 11 is 1.42. The van der Waals surface area contributed by atoms with Crippen molar-refractivity contribution in [1.82, 2.24) is 19.9 Å². The van der Waals surface area contributed by atoms with Crippen LogP contribution >= 0.6 is 11.3 Å². The first-order chi connectivity index (χ1) is 10.7. The normalized spacial score (nSPS) is 18.3. The minimum atomic E-state index is -0.245. The maximum atomic E-state index is 12.4. The Morgan fingerprint density at radius 2 is 2.36 bits per heavy atom. The number of aryl methyl sites for hydroxylation is 1. The van der Waals surface area contributed by atoms with E-state index in [0.717, 1.165) is 11.5 Å². The molecule has 2 aromatic heterocycles. The van der Waals surface area contributed by atoms with Gasteiger partial charge in [-0.3, -0.25) is 4.79 Å². The summed E-state index contributed by atoms with van der Waals surface area (Å²) in [4.78, 5) is 27.0. The first-order valence-electron chi connectivity index (χ1n) is 7.00. The van der Waals surface area contributed by atoms with Crippen molar-refractivity contribution >= 4 is 23.1 Å². The van der Waals surface area contributed by atoms with Crippen molar-refractivity contribution in [2.75, 3.05) is 32.1 Å². The number of nitrogens with zero attached hydrogens (tertiary/aromatic N) is 4. The quantitative estimate of drug-likeness (QED) is 0.923. The fraction of sp³-hybridized carbons (Fsp3) is 0.429. The summed E-state index contributed by atoms with van der Waals surface area (Å²) in [7, 11) is 1.81. The van der Waals surface area contributed by atoms with Crippen LogP contribution in [0, 0.1) is 6.92 Å². The number of thiazole rings is 1. The predicted octanol–water partition coefficient (Wildman–Crippen LogP) is 1.50. The number of nitrogens with one attached hydrogen (secondary N) is 1. The highest BCUT2D eigenvalue weighted by molar-refractivity contribution is 7.07. The summed E-state index contributed by atoms with van der Waals surface area (Å²) in [5.41, 5.74) is 2.94. The summed E-state index contributed by atoms with van der Waals surface area (Å²) < 4.78 is 5.79. The van der Waals surface area contributed by atoms with Crippen LogP contribution in [0.3, 0.4) is 0 Å². The van der Waals surface area contributed by atoms with Crippen LogP contribution in [0.25, 0.3) is 0 Å². The zero-order chi connectivity index (χ0) is 15.5. The van der Waals surface area contributed by atoms with Gasteiger partial charge in [-0.15, -0.1) is 11.3 Å². The molecule has 1 amide bonds. The molecule has 1 aliphatic rings. The van der Waals surface area contributed by atoms with Gasteiger partial charge in [0.25, 0.3) is 5.91 Å². The van der Waals surface area contributed by atoms with E-state index < -0.39 is 0 Å². The van der Waals surface area contributed by atoms with E-state index in [0.29, 0.717) is 31.2 Å². The Balaban J connectivity index is 1.78.